The minimum absolute atomic E-state index is 0.00649. The molecule has 0 saturated carbocycles. The van der Waals surface area contributed by atoms with Crippen LogP contribution in [0.1, 0.15) is 42.4 Å². The van der Waals surface area contributed by atoms with Crippen LogP contribution in [0.15, 0.2) is 91.3 Å². The number of carbonyl (C=O) groups excluding carboxylic acids is 1. The minimum atomic E-state index is -0.138. The molecule has 3 heterocycles. The number of rotatable bonds is 6. The van der Waals surface area contributed by atoms with Crippen molar-refractivity contribution in [1.82, 2.24) is 14.9 Å². The van der Waals surface area contributed by atoms with Crippen molar-refractivity contribution in [3.05, 3.63) is 108 Å². The van der Waals surface area contributed by atoms with E-state index in [2.05, 4.69) is 61.6 Å². The smallest absolute Gasteiger partial charge is 0.224 e. The molecular weight excluding hydrogens is 454 g/mol. The average molecular weight is 482 g/mol. The molecule has 6 nitrogen and oxygen atoms in total. The summed E-state index contributed by atoms with van der Waals surface area (Å²) in [6, 6.07) is 26.2. The highest BCUT2D eigenvalue weighted by Crippen LogP contribution is 2.42. The number of benzene rings is 2. The van der Waals surface area contributed by atoms with Gasteiger partial charge in [-0.15, -0.1) is 0 Å². The summed E-state index contributed by atoms with van der Waals surface area (Å²) in [5.41, 5.74) is 5.85. The van der Waals surface area contributed by atoms with Gasteiger partial charge in [0.1, 0.15) is 6.04 Å². The number of pyridine rings is 1. The summed E-state index contributed by atoms with van der Waals surface area (Å²) >= 11 is 5.88. The molecule has 1 fully saturated rings. The molecule has 1 amide bonds. The van der Waals surface area contributed by atoms with E-state index in [0.29, 0.717) is 11.5 Å². The molecule has 2 aromatic heterocycles. The van der Waals surface area contributed by atoms with E-state index < -0.39 is 0 Å². The topological polar surface area (TPSA) is 62.2 Å². The number of thiocarbonyl (C=S) groups is 1. The second-order valence-electron chi connectivity index (χ2n) is 8.54. The van der Waals surface area contributed by atoms with Crippen LogP contribution in [0.5, 0.6) is 0 Å². The Balaban J connectivity index is 1.61. The van der Waals surface area contributed by atoms with Gasteiger partial charge >= 0.3 is 0 Å². The Morgan fingerprint density at radius 1 is 1.03 bits per heavy atom. The fraction of sp³-hybridized carbons (Fsp3) is 0.179. The first-order valence-electron chi connectivity index (χ1n) is 11.7. The van der Waals surface area contributed by atoms with Gasteiger partial charge < -0.3 is 20.1 Å². The van der Waals surface area contributed by atoms with E-state index in [1.807, 2.05) is 68.6 Å². The van der Waals surface area contributed by atoms with Gasteiger partial charge in [-0.1, -0.05) is 31.2 Å². The number of para-hydroxylation sites is 1. The van der Waals surface area contributed by atoms with Gasteiger partial charge in [0.2, 0.25) is 5.91 Å². The molecule has 176 valence electrons. The van der Waals surface area contributed by atoms with Crippen LogP contribution in [0.2, 0.25) is 0 Å². The quantitative estimate of drug-likeness (QED) is 0.346. The molecule has 0 bridgehead atoms. The number of nitrogens with one attached hydrogen (secondary N) is 2. The number of anilines is 2. The third kappa shape index (κ3) is 4.42. The molecule has 1 aliphatic heterocycles. The lowest BCUT2D eigenvalue weighted by Gasteiger charge is -2.29. The molecule has 1 saturated heterocycles. The van der Waals surface area contributed by atoms with E-state index in [9.17, 15) is 4.79 Å². The minimum Gasteiger partial charge on any atom is -0.351 e. The Bertz CT molecular complexity index is 1350. The maximum atomic E-state index is 11.9. The first kappa shape index (κ1) is 22.8. The number of carbonyl (C=O) groups is 1. The Morgan fingerprint density at radius 2 is 1.83 bits per heavy atom. The summed E-state index contributed by atoms with van der Waals surface area (Å²) in [7, 11) is 0. The van der Waals surface area contributed by atoms with Crippen molar-refractivity contribution in [2.75, 3.05) is 10.2 Å². The van der Waals surface area contributed by atoms with Gasteiger partial charge in [-0.2, -0.15) is 0 Å². The SMILES string of the molecule is CCC(=O)Nc1ccc(N2C(=S)N[C@@H](c3ccccn3)[C@@H]2c2cccn2-c2ccccc2)cc1C. The largest absolute Gasteiger partial charge is 0.351 e. The Labute approximate surface area is 210 Å². The third-order valence-electron chi connectivity index (χ3n) is 6.30. The Kier molecular flexibility index (Phi) is 6.33. The van der Waals surface area contributed by atoms with Crippen LogP contribution in [0, 0.1) is 6.92 Å². The standard InChI is InChI=1S/C28H27N5OS/c1-3-25(34)30-22-15-14-21(18-19(22)2)33-27(26(31-28(33)35)23-12-7-8-16-29-23)24-13-9-17-32(24)20-10-5-4-6-11-20/h4-18,26-27H,3H2,1-2H3,(H,30,34)(H,31,35)/t26-,27-/m0/s1. The number of amides is 1. The summed E-state index contributed by atoms with van der Waals surface area (Å²) in [6.45, 7) is 3.84. The van der Waals surface area contributed by atoms with Crippen molar-refractivity contribution >= 4 is 34.6 Å². The highest BCUT2D eigenvalue weighted by Gasteiger charge is 2.42. The lowest BCUT2D eigenvalue weighted by molar-refractivity contribution is -0.115. The zero-order valence-corrected chi connectivity index (χ0v) is 20.5. The van der Waals surface area contributed by atoms with Gasteiger partial charge in [-0.05, 0) is 79.3 Å². The van der Waals surface area contributed by atoms with Gasteiger partial charge in [-0.25, -0.2) is 0 Å². The van der Waals surface area contributed by atoms with E-state index >= 15 is 0 Å². The second kappa shape index (κ2) is 9.72. The van der Waals surface area contributed by atoms with Gasteiger partial charge in [0.25, 0.3) is 0 Å². The molecule has 0 unspecified atom stereocenters. The summed E-state index contributed by atoms with van der Waals surface area (Å²) in [6.07, 6.45) is 4.32. The zero-order valence-electron chi connectivity index (χ0n) is 19.7. The summed E-state index contributed by atoms with van der Waals surface area (Å²) in [5.74, 6) is -0.00649. The maximum Gasteiger partial charge on any atom is 0.224 e. The van der Waals surface area contributed by atoms with Crippen LogP contribution in [-0.4, -0.2) is 20.6 Å². The number of hydrogen-bond acceptors (Lipinski definition) is 3. The van der Waals surface area contributed by atoms with E-state index in [-0.39, 0.29) is 18.0 Å². The van der Waals surface area contributed by atoms with Crippen molar-refractivity contribution in [1.29, 1.82) is 0 Å². The van der Waals surface area contributed by atoms with Crippen molar-refractivity contribution < 1.29 is 4.79 Å². The van der Waals surface area contributed by atoms with E-state index in [1.54, 1.807) is 0 Å². The van der Waals surface area contributed by atoms with Crippen molar-refractivity contribution in [2.24, 2.45) is 0 Å². The molecule has 2 aromatic carbocycles. The zero-order chi connectivity index (χ0) is 24.4. The summed E-state index contributed by atoms with van der Waals surface area (Å²) < 4.78 is 2.20. The van der Waals surface area contributed by atoms with Gasteiger partial charge in [0.15, 0.2) is 5.11 Å². The van der Waals surface area contributed by atoms with Gasteiger partial charge in [0.05, 0.1) is 11.7 Å². The van der Waals surface area contributed by atoms with Crippen LogP contribution < -0.4 is 15.5 Å². The van der Waals surface area contributed by atoms with Crippen LogP contribution in [0.3, 0.4) is 0 Å². The number of aromatic nitrogens is 2. The maximum absolute atomic E-state index is 11.9. The van der Waals surface area contributed by atoms with Gasteiger partial charge in [-0.3, -0.25) is 9.78 Å². The predicted octanol–water partition coefficient (Wildman–Crippen LogP) is 5.71. The number of nitrogens with zero attached hydrogens (tertiary/aromatic N) is 3. The molecule has 0 radical (unpaired) electrons. The predicted molar refractivity (Wildman–Crippen MR) is 144 cm³/mol. The second-order valence-corrected chi connectivity index (χ2v) is 8.92. The molecule has 0 aliphatic carbocycles. The molecule has 2 N–H and O–H groups in total. The van der Waals surface area contributed by atoms with Crippen molar-refractivity contribution in [2.45, 2.75) is 32.4 Å². The molecular formula is C28H27N5OS. The van der Waals surface area contributed by atoms with Crippen LogP contribution in [-0.2, 0) is 4.79 Å². The van der Waals surface area contributed by atoms with Crippen LogP contribution in [0.25, 0.3) is 5.69 Å². The first-order chi connectivity index (χ1) is 17.1. The molecule has 7 heteroatoms. The van der Waals surface area contributed by atoms with Crippen molar-refractivity contribution in [3.8, 4) is 5.69 Å². The van der Waals surface area contributed by atoms with Crippen LogP contribution >= 0.6 is 12.2 Å². The lowest BCUT2D eigenvalue weighted by atomic mass is 10.00. The fourth-order valence-electron chi connectivity index (χ4n) is 4.57. The summed E-state index contributed by atoms with van der Waals surface area (Å²) in [4.78, 5) is 18.8. The summed E-state index contributed by atoms with van der Waals surface area (Å²) in [5, 5.41) is 7.13. The normalized spacial score (nSPS) is 17.3. The number of hydrogen-bond donors (Lipinski definition) is 2. The molecule has 35 heavy (non-hydrogen) atoms. The highest BCUT2D eigenvalue weighted by molar-refractivity contribution is 7.80. The molecule has 2 atom stereocenters. The molecule has 1 aliphatic rings. The van der Waals surface area contributed by atoms with Gasteiger partial charge in [0, 0.05) is 41.6 Å². The molecule has 5 rings (SSSR count). The fourth-order valence-corrected chi connectivity index (χ4v) is 4.91. The molecule has 4 aromatic rings. The Morgan fingerprint density at radius 3 is 2.54 bits per heavy atom. The Hall–Kier alpha value is -3.97. The van der Waals surface area contributed by atoms with Crippen molar-refractivity contribution in [3.63, 3.8) is 0 Å². The third-order valence-corrected chi connectivity index (χ3v) is 6.61. The lowest BCUT2D eigenvalue weighted by Crippen LogP contribution is -2.30. The van der Waals surface area contributed by atoms with E-state index in [0.717, 1.165) is 34.0 Å². The van der Waals surface area contributed by atoms with E-state index in [1.165, 1.54) is 0 Å². The first-order valence-corrected chi connectivity index (χ1v) is 12.1. The number of aryl methyl sites for hydroxylation is 1. The van der Waals surface area contributed by atoms with E-state index in [4.69, 9.17) is 12.2 Å². The molecule has 0 spiro atoms. The van der Waals surface area contributed by atoms with Crippen LogP contribution in [0.4, 0.5) is 11.4 Å². The average Bonchev–Trinajstić information content (AvgIpc) is 3.50. The monoisotopic (exact) mass is 481 g/mol. The highest BCUT2D eigenvalue weighted by atomic mass is 32.1.